The van der Waals surface area contributed by atoms with Crippen LogP contribution in [0.25, 0.3) is 0 Å². The number of nitrogens with zero attached hydrogens (tertiary/aromatic N) is 2. The number of para-hydroxylation sites is 2. The second-order valence-electron chi connectivity index (χ2n) is 7.54. The van der Waals surface area contributed by atoms with Gasteiger partial charge in [-0.1, -0.05) is 61.1 Å². The first-order chi connectivity index (χ1) is 16.8. The highest BCUT2D eigenvalue weighted by Gasteiger charge is 2.21. The predicted molar refractivity (Wildman–Crippen MR) is 128 cm³/mol. The van der Waals surface area contributed by atoms with Gasteiger partial charge in [-0.15, -0.1) is 0 Å². The number of hydrogen-bond acceptors (Lipinski definition) is 4. The molecule has 192 valence electrons. The van der Waals surface area contributed by atoms with Crippen LogP contribution in [0.1, 0.15) is 25.3 Å². The number of halogens is 8. The average Bonchev–Trinajstić information content (AvgIpc) is 2.76. The molecule has 14 heteroatoms. The number of fused-ring (bicyclic) bond motifs is 4. The Bertz CT molecular complexity index is 1320. The van der Waals surface area contributed by atoms with Crippen LogP contribution in [0, 0.1) is 0 Å². The molecule has 2 aliphatic rings. The van der Waals surface area contributed by atoms with Gasteiger partial charge in [-0.25, -0.2) is 9.98 Å². The standard InChI is InChI=1S/C22H18N2S2.2BF4/c1-2-3-7-14-8-6-11-19-22(14)24-17-13-20-16(12-21(17)26-19)23-15-9-4-5-10-18(15)25-20;2*2-1(3,4)5/h4-6,8-13H,2-3,7H2,1H3;;/q;2*-1. The van der Waals surface area contributed by atoms with E-state index in [4.69, 9.17) is 9.98 Å². The van der Waals surface area contributed by atoms with Crippen LogP contribution in [-0.2, 0) is 6.42 Å². The third-order valence-corrected chi connectivity index (χ3v) is 6.91. The Kier molecular flexibility index (Phi) is 9.15. The van der Waals surface area contributed by atoms with E-state index in [1.54, 1.807) is 11.8 Å². The molecule has 0 spiro atoms. The lowest BCUT2D eigenvalue weighted by molar-refractivity contribution is 0.366. The predicted octanol–water partition coefficient (Wildman–Crippen LogP) is 8.46. The van der Waals surface area contributed by atoms with Gasteiger partial charge >= 0.3 is 14.5 Å². The van der Waals surface area contributed by atoms with Crippen LogP contribution in [0.4, 0.5) is 45.9 Å². The third kappa shape index (κ3) is 8.58. The van der Waals surface area contributed by atoms with Crippen molar-refractivity contribution in [1.29, 1.82) is 0 Å². The molecule has 0 radical (unpaired) electrons. The highest BCUT2D eigenvalue weighted by atomic mass is 32.2. The summed E-state index contributed by atoms with van der Waals surface area (Å²) in [5.74, 6) is 0. The monoisotopic (exact) mass is 548 g/mol. The Balaban J connectivity index is 0.000000310. The number of hydrogen-bond donors (Lipinski definition) is 0. The van der Waals surface area contributed by atoms with Crippen LogP contribution in [0.2, 0.25) is 0 Å². The smallest absolute Gasteiger partial charge is 0.418 e. The summed E-state index contributed by atoms with van der Waals surface area (Å²) in [7, 11) is -12.0. The van der Waals surface area contributed by atoms with Gasteiger partial charge in [0, 0.05) is 19.6 Å². The van der Waals surface area contributed by atoms with Gasteiger partial charge in [0.15, 0.2) is 0 Å². The van der Waals surface area contributed by atoms with Crippen LogP contribution in [0.3, 0.4) is 0 Å². The molecular formula is C22H18B2F8N2S2-2. The maximum absolute atomic E-state index is 9.75. The highest BCUT2D eigenvalue weighted by molar-refractivity contribution is 8.00. The van der Waals surface area contributed by atoms with E-state index >= 15 is 0 Å². The molecule has 3 aromatic rings. The summed E-state index contributed by atoms with van der Waals surface area (Å²) in [5.41, 5.74) is 3.59. The number of benzene rings is 3. The van der Waals surface area contributed by atoms with Crippen molar-refractivity contribution in [3.05, 3.63) is 70.9 Å². The Hall–Kier alpha value is -2.47. The Morgan fingerprint density at radius 2 is 1.19 bits per heavy atom. The molecule has 2 nitrogen and oxygen atoms in total. The third-order valence-electron chi connectivity index (χ3n) is 4.70. The van der Waals surface area contributed by atoms with Crippen molar-refractivity contribution in [3.63, 3.8) is 0 Å². The first-order valence-electron chi connectivity index (χ1n) is 10.7. The zero-order valence-electron chi connectivity index (χ0n) is 18.7. The average molecular weight is 548 g/mol. The molecule has 0 amide bonds. The minimum atomic E-state index is -6.00. The van der Waals surface area contributed by atoms with Gasteiger partial charge in [0.05, 0.1) is 22.1 Å². The zero-order chi connectivity index (χ0) is 26.5. The quantitative estimate of drug-likeness (QED) is 0.167. The summed E-state index contributed by atoms with van der Waals surface area (Å²) in [5, 5.41) is 2.13. The SMILES string of the molecule is CCCCc1cccc2c1N=c1cc3c(cc1S2)=Nc1ccccc1S3.F[B-](F)(F)F.F[B-](F)(F)F. The summed E-state index contributed by atoms with van der Waals surface area (Å²) < 4.78 is 78.0. The van der Waals surface area contributed by atoms with Gasteiger partial charge in [0.1, 0.15) is 0 Å². The Morgan fingerprint density at radius 1 is 0.667 bits per heavy atom. The van der Waals surface area contributed by atoms with E-state index in [1.165, 1.54) is 38.0 Å². The van der Waals surface area contributed by atoms with E-state index in [-0.39, 0.29) is 0 Å². The molecule has 0 saturated heterocycles. The second kappa shape index (κ2) is 11.7. The fourth-order valence-electron chi connectivity index (χ4n) is 3.35. The minimum absolute atomic E-state index is 1.06. The number of rotatable bonds is 3. The van der Waals surface area contributed by atoms with Crippen molar-refractivity contribution in [2.45, 2.75) is 45.8 Å². The van der Waals surface area contributed by atoms with Gasteiger partial charge in [0.25, 0.3) is 0 Å². The van der Waals surface area contributed by atoms with Crippen molar-refractivity contribution >= 4 is 49.4 Å². The fraction of sp³-hybridized carbons (Fsp3) is 0.182. The first-order valence-corrected chi connectivity index (χ1v) is 12.4. The number of unbranched alkanes of at least 4 members (excludes halogenated alkanes) is 1. The molecule has 0 N–H and O–H groups in total. The largest absolute Gasteiger partial charge is 0.673 e. The van der Waals surface area contributed by atoms with Crippen molar-refractivity contribution in [3.8, 4) is 0 Å². The van der Waals surface area contributed by atoms with Gasteiger partial charge in [-0.2, -0.15) is 0 Å². The van der Waals surface area contributed by atoms with Crippen molar-refractivity contribution in [1.82, 2.24) is 0 Å². The second-order valence-corrected chi connectivity index (χ2v) is 9.71. The van der Waals surface area contributed by atoms with Crippen molar-refractivity contribution < 1.29 is 34.5 Å². The van der Waals surface area contributed by atoms with Gasteiger partial charge < -0.3 is 34.5 Å². The molecule has 0 saturated carbocycles. The van der Waals surface area contributed by atoms with E-state index in [1.807, 2.05) is 17.8 Å². The van der Waals surface area contributed by atoms with Gasteiger partial charge in [-0.05, 0) is 48.7 Å². The van der Waals surface area contributed by atoms with Crippen LogP contribution in [0.5, 0.6) is 0 Å². The molecule has 0 atom stereocenters. The molecule has 0 bridgehead atoms. The maximum atomic E-state index is 9.75. The molecule has 2 heterocycles. The Morgan fingerprint density at radius 3 is 1.81 bits per heavy atom. The van der Waals surface area contributed by atoms with Crippen LogP contribution >= 0.6 is 23.5 Å². The molecule has 0 fully saturated rings. The minimum Gasteiger partial charge on any atom is -0.418 e. The lowest BCUT2D eigenvalue weighted by Crippen LogP contribution is -2.18. The highest BCUT2D eigenvalue weighted by Crippen LogP contribution is 2.41. The summed E-state index contributed by atoms with van der Waals surface area (Å²) >= 11 is 3.61. The summed E-state index contributed by atoms with van der Waals surface area (Å²) in [6.07, 6.45) is 3.51. The fourth-order valence-corrected chi connectivity index (χ4v) is 5.36. The molecule has 0 aromatic heterocycles. The van der Waals surface area contributed by atoms with E-state index in [9.17, 15) is 34.5 Å². The molecule has 5 rings (SSSR count). The summed E-state index contributed by atoms with van der Waals surface area (Å²) in [6.45, 7) is 2.24. The maximum Gasteiger partial charge on any atom is 0.673 e. The molecule has 0 aliphatic carbocycles. The van der Waals surface area contributed by atoms with Crippen molar-refractivity contribution in [2.75, 3.05) is 0 Å². The molecule has 36 heavy (non-hydrogen) atoms. The normalized spacial score (nSPS) is 13.1. The van der Waals surface area contributed by atoms with E-state index in [0.29, 0.717) is 0 Å². The summed E-state index contributed by atoms with van der Waals surface area (Å²) in [4.78, 5) is 14.8. The number of aryl methyl sites for hydroxylation is 1. The van der Waals surface area contributed by atoms with Gasteiger partial charge in [-0.3, -0.25) is 0 Å². The van der Waals surface area contributed by atoms with E-state index in [0.717, 1.165) is 28.5 Å². The molecular weight excluding hydrogens is 530 g/mol. The lowest BCUT2D eigenvalue weighted by Gasteiger charge is -2.17. The van der Waals surface area contributed by atoms with Crippen LogP contribution in [-0.4, -0.2) is 14.5 Å². The van der Waals surface area contributed by atoms with E-state index in [2.05, 4.69) is 55.5 Å². The molecule has 0 unspecified atom stereocenters. The Labute approximate surface area is 210 Å². The topological polar surface area (TPSA) is 24.7 Å². The molecule has 3 aromatic carbocycles. The molecule has 2 aliphatic heterocycles. The van der Waals surface area contributed by atoms with Gasteiger partial charge in [0.2, 0.25) is 0 Å². The first kappa shape index (κ1) is 28.1. The van der Waals surface area contributed by atoms with Crippen molar-refractivity contribution in [2.24, 2.45) is 9.98 Å². The lowest BCUT2D eigenvalue weighted by atomic mass is 10.1. The van der Waals surface area contributed by atoms with E-state index < -0.39 is 14.5 Å². The summed E-state index contributed by atoms with van der Waals surface area (Å²) in [6, 6.07) is 19.3. The van der Waals surface area contributed by atoms with Crippen LogP contribution in [0.15, 0.2) is 84.2 Å². The van der Waals surface area contributed by atoms with Crippen LogP contribution < -0.4 is 10.7 Å². The zero-order valence-corrected chi connectivity index (χ0v) is 20.3.